The number of benzene rings is 5. The number of Topliss-reactive ketones (excluding diaryl/α,β-unsaturated/α-hetero) is 2. The lowest BCUT2D eigenvalue weighted by Gasteiger charge is -2.21. The average Bonchev–Trinajstić information content (AvgIpc) is 3.44. The molecule has 0 saturated carbocycles. The maximum absolute atomic E-state index is 14.7. The minimum absolute atomic E-state index is 0.00205. The molecule has 8 rings (SSSR count). The number of carbonyl (C=O) groups excluding carboxylic acids is 2. The van der Waals surface area contributed by atoms with Gasteiger partial charge in [0.05, 0.1) is 21.8 Å². The number of aryl methyl sites for hydroxylation is 2. The van der Waals surface area contributed by atoms with Gasteiger partial charge in [0, 0.05) is 28.8 Å². The van der Waals surface area contributed by atoms with Gasteiger partial charge in [-0.05, 0) is 107 Å². The number of phenols is 9. The van der Waals surface area contributed by atoms with Crippen molar-refractivity contribution in [2.24, 2.45) is 0 Å². The van der Waals surface area contributed by atoms with Crippen molar-refractivity contribution in [2.75, 3.05) is 0 Å². The molecule has 53 heavy (non-hydrogen) atoms. The SMILES string of the molecule is Cc1cc(C2=c3c(c4c(n3CCc3ccc(O)c(O)c3)=C(c3ccc(O)c(O)c3)C(=O)c3cc(O)c(O)cc3-4)-c3cc(O)c(O)cc3C2=O)ccc1O. The molecule has 12 heteroatoms. The van der Waals surface area contributed by atoms with Gasteiger partial charge in [-0.25, -0.2) is 0 Å². The zero-order valence-electron chi connectivity index (χ0n) is 27.7. The summed E-state index contributed by atoms with van der Waals surface area (Å²) in [6.45, 7) is 1.68. The topological polar surface area (TPSA) is 221 Å². The minimum Gasteiger partial charge on any atom is -0.508 e. The van der Waals surface area contributed by atoms with Crippen LogP contribution in [0.25, 0.3) is 33.4 Å². The Bertz CT molecular complexity index is 2620. The molecular weight excluding hydrogens is 682 g/mol. The predicted molar refractivity (Wildman–Crippen MR) is 191 cm³/mol. The molecule has 0 fully saturated rings. The Kier molecular flexibility index (Phi) is 7.19. The number of hydrogen-bond donors (Lipinski definition) is 9. The van der Waals surface area contributed by atoms with Crippen LogP contribution in [-0.4, -0.2) is 62.1 Å². The molecule has 0 unspecified atom stereocenters. The van der Waals surface area contributed by atoms with E-state index in [1.54, 1.807) is 29.7 Å². The molecule has 0 aliphatic heterocycles. The number of aromatic hydroxyl groups is 9. The summed E-state index contributed by atoms with van der Waals surface area (Å²) in [6.07, 6.45) is 0.168. The molecule has 0 radical (unpaired) electrons. The summed E-state index contributed by atoms with van der Waals surface area (Å²) in [5, 5.41) is 94.9. The lowest BCUT2D eigenvalue weighted by Crippen LogP contribution is -2.36. The standard InChI is InChI=1S/C41H29NO11/c1-17-10-19(3-6-25(17)43)34-38-36(21-13-30(48)32(50)15-23(21)40(34)52)37-22-14-31(49)33(51)16-24(22)41(53)35(20-4-7-27(45)29(47)12-20)39(37)42(38)9-8-18-2-5-26(44)28(46)11-18/h2-7,10-16,43-51H,8-9H2,1H3. The molecule has 264 valence electrons. The maximum atomic E-state index is 14.7. The van der Waals surface area contributed by atoms with E-state index >= 15 is 0 Å². The Labute approximate surface area is 299 Å². The van der Waals surface area contributed by atoms with Crippen LogP contribution in [0.2, 0.25) is 0 Å². The highest BCUT2D eigenvalue weighted by Gasteiger charge is 2.38. The van der Waals surface area contributed by atoms with Crippen LogP contribution in [0.15, 0.2) is 78.9 Å². The van der Waals surface area contributed by atoms with E-state index in [-0.39, 0.29) is 79.9 Å². The van der Waals surface area contributed by atoms with Gasteiger partial charge < -0.3 is 50.5 Å². The first kappa shape index (κ1) is 32.8. The minimum atomic E-state index is -0.631. The van der Waals surface area contributed by atoms with E-state index in [0.29, 0.717) is 27.8 Å². The zero-order chi connectivity index (χ0) is 37.6. The Balaban J connectivity index is 1.64. The Morgan fingerprint density at radius 2 is 0.868 bits per heavy atom. The second kappa shape index (κ2) is 11.6. The molecule has 5 aromatic carbocycles. The van der Waals surface area contributed by atoms with Crippen LogP contribution in [-0.2, 0) is 13.0 Å². The van der Waals surface area contributed by atoms with Gasteiger partial charge in [0.2, 0.25) is 0 Å². The van der Waals surface area contributed by atoms with Gasteiger partial charge in [-0.2, -0.15) is 0 Å². The van der Waals surface area contributed by atoms with Crippen molar-refractivity contribution in [3.8, 4) is 74.0 Å². The van der Waals surface area contributed by atoms with Gasteiger partial charge in [-0.1, -0.05) is 18.2 Å². The van der Waals surface area contributed by atoms with Crippen molar-refractivity contribution in [3.05, 3.63) is 123 Å². The normalized spacial score (nSPS) is 13.1. The summed E-state index contributed by atoms with van der Waals surface area (Å²) in [4.78, 5) is 29.4. The van der Waals surface area contributed by atoms with Gasteiger partial charge in [0.25, 0.3) is 0 Å². The van der Waals surface area contributed by atoms with Crippen molar-refractivity contribution < 1.29 is 55.5 Å². The number of nitrogens with zero attached hydrogens (tertiary/aromatic N) is 1. The molecule has 0 bridgehead atoms. The third kappa shape index (κ3) is 4.91. The molecule has 0 saturated heterocycles. The lowest BCUT2D eigenvalue weighted by molar-refractivity contribution is 0.104. The van der Waals surface area contributed by atoms with Gasteiger partial charge in [-0.3, -0.25) is 9.59 Å². The second-order valence-electron chi connectivity index (χ2n) is 13.1. The largest absolute Gasteiger partial charge is 0.508 e. The van der Waals surface area contributed by atoms with Crippen LogP contribution in [0.3, 0.4) is 0 Å². The van der Waals surface area contributed by atoms with Gasteiger partial charge in [-0.15, -0.1) is 0 Å². The number of phenolic OH excluding ortho intramolecular Hbond substituents is 9. The molecule has 0 atom stereocenters. The summed E-state index contributed by atoms with van der Waals surface area (Å²) in [5.74, 6) is -5.13. The summed E-state index contributed by atoms with van der Waals surface area (Å²) in [5.41, 5.74) is 2.56. The van der Waals surface area contributed by atoms with E-state index < -0.39 is 46.1 Å². The maximum Gasteiger partial charge on any atom is 0.196 e. The van der Waals surface area contributed by atoms with E-state index in [1.165, 1.54) is 48.5 Å². The molecule has 6 aromatic rings. The number of ketones is 2. The highest BCUT2D eigenvalue weighted by molar-refractivity contribution is 6.36. The van der Waals surface area contributed by atoms with Gasteiger partial charge in [0.15, 0.2) is 57.6 Å². The van der Waals surface area contributed by atoms with Crippen LogP contribution in [0.4, 0.5) is 0 Å². The van der Waals surface area contributed by atoms with E-state index in [2.05, 4.69) is 0 Å². The fraction of sp³-hybridized carbons (Fsp3) is 0.0732. The number of carbonyl (C=O) groups is 2. The molecule has 2 aliphatic rings. The monoisotopic (exact) mass is 711 g/mol. The fourth-order valence-electron chi connectivity index (χ4n) is 7.30. The highest BCUT2D eigenvalue weighted by Crippen LogP contribution is 2.46. The lowest BCUT2D eigenvalue weighted by atomic mass is 9.79. The molecule has 2 aliphatic carbocycles. The number of hydrogen-bond acceptors (Lipinski definition) is 11. The number of aromatic nitrogens is 1. The number of fused-ring (bicyclic) bond motifs is 7. The predicted octanol–water partition coefficient (Wildman–Crippen LogP) is 4.51. The summed E-state index contributed by atoms with van der Waals surface area (Å²) in [7, 11) is 0. The molecule has 12 nitrogen and oxygen atoms in total. The molecule has 0 spiro atoms. The van der Waals surface area contributed by atoms with Crippen molar-refractivity contribution >= 4 is 22.7 Å². The van der Waals surface area contributed by atoms with Crippen LogP contribution >= 0.6 is 0 Å². The summed E-state index contributed by atoms with van der Waals surface area (Å²) in [6, 6.07) is 17.4. The fourth-order valence-corrected chi connectivity index (χ4v) is 7.30. The molecule has 0 amide bonds. The molecule has 1 aromatic heterocycles. The summed E-state index contributed by atoms with van der Waals surface area (Å²) >= 11 is 0. The van der Waals surface area contributed by atoms with Crippen molar-refractivity contribution in [1.29, 1.82) is 0 Å². The first-order chi connectivity index (χ1) is 25.2. The Hall–Kier alpha value is -7.34. The molecule has 9 N–H and O–H groups in total. The van der Waals surface area contributed by atoms with Gasteiger partial charge in [0.1, 0.15) is 5.75 Å². The van der Waals surface area contributed by atoms with E-state index in [9.17, 15) is 55.5 Å². The van der Waals surface area contributed by atoms with Crippen LogP contribution in [0.1, 0.15) is 43.0 Å². The Morgan fingerprint density at radius 1 is 0.453 bits per heavy atom. The van der Waals surface area contributed by atoms with Crippen molar-refractivity contribution in [3.63, 3.8) is 0 Å². The second-order valence-corrected chi connectivity index (χ2v) is 13.1. The quantitative estimate of drug-likeness (QED) is 0.113. The Morgan fingerprint density at radius 3 is 1.34 bits per heavy atom. The zero-order valence-corrected chi connectivity index (χ0v) is 27.7. The number of rotatable bonds is 5. The van der Waals surface area contributed by atoms with Crippen LogP contribution < -0.4 is 10.7 Å². The van der Waals surface area contributed by atoms with Crippen molar-refractivity contribution in [1.82, 2.24) is 4.57 Å². The van der Waals surface area contributed by atoms with E-state index in [4.69, 9.17) is 0 Å². The highest BCUT2D eigenvalue weighted by atomic mass is 16.3. The van der Waals surface area contributed by atoms with E-state index in [0.717, 1.165) is 12.1 Å². The smallest absolute Gasteiger partial charge is 0.196 e. The first-order valence-electron chi connectivity index (χ1n) is 16.3. The van der Waals surface area contributed by atoms with Gasteiger partial charge >= 0.3 is 0 Å². The molecule has 1 heterocycles. The van der Waals surface area contributed by atoms with Crippen molar-refractivity contribution in [2.45, 2.75) is 19.9 Å². The summed E-state index contributed by atoms with van der Waals surface area (Å²) < 4.78 is 1.71. The third-order valence-electron chi connectivity index (χ3n) is 9.86. The van der Waals surface area contributed by atoms with Crippen LogP contribution in [0, 0.1) is 6.92 Å². The average molecular weight is 712 g/mol. The molecular formula is C41H29NO11. The third-order valence-corrected chi connectivity index (χ3v) is 9.86. The van der Waals surface area contributed by atoms with Crippen LogP contribution in [0.5, 0.6) is 51.7 Å². The van der Waals surface area contributed by atoms with E-state index in [1.807, 2.05) is 0 Å². The first-order valence-corrected chi connectivity index (χ1v) is 16.3.